The molecule has 3 aromatic carbocycles. The van der Waals surface area contributed by atoms with Gasteiger partial charge in [-0.25, -0.2) is 4.79 Å². The Kier molecular flexibility index (Phi) is 10.9. The van der Waals surface area contributed by atoms with Crippen LogP contribution in [0.3, 0.4) is 0 Å². The van der Waals surface area contributed by atoms with Gasteiger partial charge in [0.25, 0.3) is 5.91 Å². The molecule has 1 aliphatic rings. The van der Waals surface area contributed by atoms with E-state index in [2.05, 4.69) is 66.5 Å². The van der Waals surface area contributed by atoms with Crippen LogP contribution in [0.5, 0.6) is 5.75 Å². The highest BCUT2D eigenvalue weighted by molar-refractivity contribution is 9.10. The molecule has 3 N–H and O–H groups in total. The van der Waals surface area contributed by atoms with E-state index in [9.17, 15) is 9.59 Å². The highest BCUT2D eigenvalue weighted by Crippen LogP contribution is 2.31. The SMILES string of the molecule is CCN(CC)CCNC(=O)c1cc(NC(=O)Nc2ccc(Br)cc2)ccc1N1CCN(c2ccccc2OC)CC1. The number of ether oxygens (including phenoxy) is 1. The number of halogens is 1. The normalized spacial score (nSPS) is 13.2. The number of piperazine rings is 1. The quantitative estimate of drug-likeness (QED) is 0.262. The first-order chi connectivity index (χ1) is 19.9. The Bertz CT molecular complexity index is 1310. The molecule has 0 aromatic heterocycles. The predicted octanol–water partition coefficient (Wildman–Crippen LogP) is 5.50. The summed E-state index contributed by atoms with van der Waals surface area (Å²) in [5.41, 5.74) is 3.68. The van der Waals surface area contributed by atoms with Gasteiger partial charge in [-0.05, 0) is 67.7 Å². The minimum Gasteiger partial charge on any atom is -0.495 e. The highest BCUT2D eigenvalue weighted by atomic mass is 79.9. The molecule has 9 nitrogen and oxygen atoms in total. The van der Waals surface area contributed by atoms with Crippen molar-refractivity contribution >= 4 is 50.6 Å². The van der Waals surface area contributed by atoms with Gasteiger partial charge in [-0.15, -0.1) is 0 Å². The summed E-state index contributed by atoms with van der Waals surface area (Å²) in [5.74, 6) is 0.697. The van der Waals surface area contributed by atoms with Gasteiger partial charge in [-0.1, -0.05) is 41.9 Å². The number of nitrogens with zero attached hydrogens (tertiary/aromatic N) is 3. The standard InChI is InChI=1S/C31H39BrN6O3/c1-4-36(5-2)17-16-33-30(39)26-22-25(35-31(40)34-24-12-10-23(32)11-13-24)14-15-27(26)37-18-20-38(21-19-37)28-8-6-7-9-29(28)41-3/h6-15,22H,4-5,16-21H2,1-3H3,(H,33,39)(H2,34,35,40). The van der Waals surface area contributed by atoms with E-state index < -0.39 is 0 Å². The molecule has 0 saturated carbocycles. The average Bonchev–Trinajstić information content (AvgIpc) is 3.00. The summed E-state index contributed by atoms with van der Waals surface area (Å²) >= 11 is 3.40. The van der Waals surface area contributed by atoms with Crippen LogP contribution in [-0.2, 0) is 0 Å². The number of hydrogen-bond donors (Lipinski definition) is 3. The van der Waals surface area contributed by atoms with Gasteiger partial charge in [0.1, 0.15) is 5.75 Å². The number of urea groups is 1. The van der Waals surface area contributed by atoms with Gasteiger partial charge in [-0.3, -0.25) is 4.79 Å². The van der Waals surface area contributed by atoms with Crippen LogP contribution in [0.2, 0.25) is 0 Å². The number of carbonyl (C=O) groups excluding carboxylic acids is 2. The zero-order valence-electron chi connectivity index (χ0n) is 24.0. The number of methoxy groups -OCH3 is 1. The zero-order chi connectivity index (χ0) is 29.2. The first-order valence-corrected chi connectivity index (χ1v) is 14.8. The second-order valence-corrected chi connectivity index (χ2v) is 10.7. The Morgan fingerprint density at radius 3 is 2.12 bits per heavy atom. The molecule has 218 valence electrons. The van der Waals surface area contributed by atoms with Crippen LogP contribution in [0, 0.1) is 0 Å². The van der Waals surface area contributed by atoms with Gasteiger partial charge in [0.15, 0.2) is 0 Å². The van der Waals surface area contributed by atoms with E-state index in [0.717, 1.165) is 67.4 Å². The smallest absolute Gasteiger partial charge is 0.323 e. The molecule has 1 aliphatic heterocycles. The second-order valence-electron chi connectivity index (χ2n) is 9.75. The summed E-state index contributed by atoms with van der Waals surface area (Å²) in [6, 6.07) is 20.5. The topological polar surface area (TPSA) is 89.2 Å². The Morgan fingerprint density at radius 1 is 0.854 bits per heavy atom. The maximum atomic E-state index is 13.5. The summed E-state index contributed by atoms with van der Waals surface area (Å²) in [6.45, 7) is 10.5. The Hall–Kier alpha value is -3.76. The van der Waals surface area contributed by atoms with Crippen molar-refractivity contribution < 1.29 is 14.3 Å². The third-order valence-electron chi connectivity index (χ3n) is 7.26. The molecule has 10 heteroatoms. The molecule has 1 fully saturated rings. The third kappa shape index (κ3) is 8.14. The van der Waals surface area contributed by atoms with Crippen LogP contribution >= 0.6 is 15.9 Å². The van der Waals surface area contributed by atoms with Gasteiger partial charge in [0.2, 0.25) is 0 Å². The number of benzene rings is 3. The lowest BCUT2D eigenvalue weighted by molar-refractivity contribution is 0.0949. The van der Waals surface area contributed by atoms with E-state index in [0.29, 0.717) is 23.5 Å². The van der Waals surface area contributed by atoms with Crippen molar-refractivity contribution in [3.05, 3.63) is 76.8 Å². The highest BCUT2D eigenvalue weighted by Gasteiger charge is 2.24. The molecule has 0 unspecified atom stereocenters. The fourth-order valence-corrected chi connectivity index (χ4v) is 5.20. The van der Waals surface area contributed by atoms with Gasteiger partial charge in [0, 0.05) is 60.8 Å². The number of carbonyl (C=O) groups is 2. The van der Waals surface area contributed by atoms with E-state index in [1.54, 1.807) is 13.2 Å². The minimum absolute atomic E-state index is 0.156. The maximum Gasteiger partial charge on any atom is 0.323 e. The number of hydrogen-bond acceptors (Lipinski definition) is 6. The van der Waals surface area contributed by atoms with Crippen molar-refractivity contribution in [3.63, 3.8) is 0 Å². The summed E-state index contributed by atoms with van der Waals surface area (Å²) in [7, 11) is 1.69. The first kappa shape index (κ1) is 30.2. The maximum absolute atomic E-state index is 13.5. The van der Waals surface area contributed by atoms with Gasteiger partial charge in [-0.2, -0.15) is 0 Å². The van der Waals surface area contributed by atoms with Crippen molar-refractivity contribution in [1.29, 1.82) is 0 Å². The molecule has 0 radical (unpaired) electrons. The fraction of sp³-hybridized carbons (Fsp3) is 0.355. The van der Waals surface area contributed by atoms with E-state index in [4.69, 9.17) is 4.74 Å². The molecule has 41 heavy (non-hydrogen) atoms. The number of nitrogens with one attached hydrogen (secondary N) is 3. The van der Waals surface area contributed by atoms with Crippen molar-refractivity contribution in [2.75, 3.05) is 79.9 Å². The molecule has 1 heterocycles. The van der Waals surface area contributed by atoms with E-state index in [-0.39, 0.29) is 11.9 Å². The monoisotopic (exact) mass is 622 g/mol. The minimum atomic E-state index is -0.376. The van der Waals surface area contributed by atoms with Crippen molar-refractivity contribution in [2.24, 2.45) is 0 Å². The van der Waals surface area contributed by atoms with E-state index >= 15 is 0 Å². The number of rotatable bonds is 11. The summed E-state index contributed by atoms with van der Waals surface area (Å²) in [4.78, 5) is 33.0. The molecule has 0 bridgehead atoms. The van der Waals surface area contributed by atoms with Gasteiger partial charge in [0.05, 0.1) is 18.4 Å². The molecule has 3 aromatic rings. The number of amides is 3. The van der Waals surface area contributed by atoms with Crippen LogP contribution in [0.4, 0.5) is 27.5 Å². The molecular weight excluding hydrogens is 584 g/mol. The number of anilines is 4. The zero-order valence-corrected chi connectivity index (χ0v) is 25.5. The average molecular weight is 624 g/mol. The predicted molar refractivity (Wildman–Crippen MR) is 171 cm³/mol. The van der Waals surface area contributed by atoms with Crippen LogP contribution in [0.1, 0.15) is 24.2 Å². The van der Waals surface area contributed by atoms with E-state index in [1.165, 1.54) is 0 Å². The van der Waals surface area contributed by atoms with Gasteiger partial charge >= 0.3 is 6.03 Å². The number of para-hydroxylation sites is 2. The Morgan fingerprint density at radius 2 is 1.46 bits per heavy atom. The summed E-state index contributed by atoms with van der Waals surface area (Å²) in [5, 5.41) is 8.79. The largest absolute Gasteiger partial charge is 0.495 e. The Balaban J connectivity index is 1.49. The summed E-state index contributed by atoms with van der Waals surface area (Å²) < 4.78 is 6.50. The molecular formula is C31H39BrN6O3. The molecule has 0 aliphatic carbocycles. The van der Waals surface area contributed by atoms with Gasteiger partial charge < -0.3 is 35.4 Å². The molecule has 0 spiro atoms. The molecule has 3 amide bonds. The van der Waals surface area contributed by atoms with Crippen molar-refractivity contribution in [1.82, 2.24) is 10.2 Å². The van der Waals surface area contributed by atoms with E-state index in [1.807, 2.05) is 54.6 Å². The first-order valence-electron chi connectivity index (χ1n) is 14.0. The van der Waals surface area contributed by atoms with Crippen molar-refractivity contribution in [2.45, 2.75) is 13.8 Å². The lowest BCUT2D eigenvalue weighted by Crippen LogP contribution is -2.47. The Labute approximate surface area is 251 Å². The molecule has 1 saturated heterocycles. The fourth-order valence-electron chi connectivity index (χ4n) is 4.94. The molecule has 4 rings (SSSR count). The lowest BCUT2D eigenvalue weighted by atomic mass is 10.1. The number of likely N-dealkylation sites (N-methyl/N-ethyl adjacent to an activating group) is 1. The third-order valence-corrected chi connectivity index (χ3v) is 7.78. The summed E-state index contributed by atoms with van der Waals surface area (Å²) in [6.07, 6.45) is 0. The van der Waals surface area contributed by atoms with Crippen LogP contribution in [-0.4, -0.2) is 76.3 Å². The molecule has 0 atom stereocenters. The van der Waals surface area contributed by atoms with Crippen LogP contribution in [0.25, 0.3) is 0 Å². The van der Waals surface area contributed by atoms with Crippen LogP contribution in [0.15, 0.2) is 71.2 Å². The lowest BCUT2D eigenvalue weighted by Gasteiger charge is -2.38. The second kappa shape index (κ2) is 14.7. The van der Waals surface area contributed by atoms with Crippen molar-refractivity contribution in [3.8, 4) is 5.75 Å². The van der Waals surface area contributed by atoms with Crippen LogP contribution < -0.4 is 30.5 Å².